The summed E-state index contributed by atoms with van der Waals surface area (Å²) in [4.78, 5) is 2.71. The number of benzene rings is 1. The summed E-state index contributed by atoms with van der Waals surface area (Å²) in [6.45, 7) is 7.08. The second-order valence-corrected chi connectivity index (χ2v) is 9.17. The van der Waals surface area contributed by atoms with Gasteiger partial charge in [0.2, 0.25) is 10.0 Å². The van der Waals surface area contributed by atoms with Crippen LogP contribution in [0, 0.1) is 0 Å². The summed E-state index contributed by atoms with van der Waals surface area (Å²) >= 11 is 0. The molecule has 1 saturated heterocycles. The molecular weight excluding hydrogens is 324 g/mol. The number of sulfonamides is 1. The Balaban J connectivity index is 1.64. The Hall–Kier alpha value is -0.950. The summed E-state index contributed by atoms with van der Waals surface area (Å²) in [6.07, 6.45) is 3.59. The van der Waals surface area contributed by atoms with Gasteiger partial charge in [-0.05, 0) is 56.4 Å². The second kappa shape index (κ2) is 7.12. The van der Waals surface area contributed by atoms with Crippen LogP contribution in [0.1, 0.15) is 31.4 Å². The van der Waals surface area contributed by atoms with Crippen LogP contribution in [0.25, 0.3) is 0 Å². The minimum absolute atomic E-state index is 0.201. The number of ether oxygens (including phenoxy) is 1. The number of aryl methyl sites for hydroxylation is 2. The van der Waals surface area contributed by atoms with Crippen molar-refractivity contribution in [1.82, 2.24) is 9.21 Å². The topological polar surface area (TPSA) is 49.9 Å². The fourth-order valence-corrected chi connectivity index (χ4v) is 4.97. The van der Waals surface area contributed by atoms with Crippen LogP contribution < -0.4 is 0 Å². The second-order valence-electron chi connectivity index (χ2n) is 7.13. The Morgan fingerprint density at radius 3 is 2.54 bits per heavy atom. The lowest BCUT2D eigenvalue weighted by molar-refractivity contribution is -0.0681. The zero-order valence-electron chi connectivity index (χ0n) is 14.9. The molecule has 0 bridgehead atoms. The van der Waals surface area contributed by atoms with Crippen LogP contribution in [0.3, 0.4) is 0 Å². The van der Waals surface area contributed by atoms with Crippen LogP contribution in [0.15, 0.2) is 23.1 Å². The summed E-state index contributed by atoms with van der Waals surface area (Å²) in [7, 11) is -1.74. The highest BCUT2D eigenvalue weighted by molar-refractivity contribution is 7.89. The maximum absolute atomic E-state index is 12.8. The van der Waals surface area contributed by atoms with Crippen LogP contribution in [0.4, 0.5) is 0 Å². The van der Waals surface area contributed by atoms with Gasteiger partial charge in [-0.25, -0.2) is 8.42 Å². The molecule has 6 heteroatoms. The smallest absolute Gasteiger partial charge is 0.242 e. The minimum Gasteiger partial charge on any atom is -0.373 e. The maximum atomic E-state index is 12.8. The van der Waals surface area contributed by atoms with Crippen molar-refractivity contribution in [1.29, 1.82) is 0 Å². The third kappa shape index (κ3) is 3.82. The summed E-state index contributed by atoms with van der Waals surface area (Å²) in [5, 5.41) is 0. The molecule has 1 aliphatic carbocycles. The van der Waals surface area contributed by atoms with Crippen molar-refractivity contribution in [3.05, 3.63) is 29.3 Å². The van der Waals surface area contributed by atoms with Gasteiger partial charge in [-0.3, -0.25) is 4.90 Å². The zero-order valence-corrected chi connectivity index (χ0v) is 15.7. The van der Waals surface area contributed by atoms with E-state index in [9.17, 15) is 8.42 Å². The molecule has 2 atom stereocenters. The molecule has 2 aliphatic rings. The number of hydrogen-bond donors (Lipinski definition) is 0. The van der Waals surface area contributed by atoms with Crippen molar-refractivity contribution >= 4 is 10.0 Å². The van der Waals surface area contributed by atoms with E-state index in [2.05, 4.69) is 18.7 Å². The standard InChI is InChI=1S/C18H28N2O3S/c1-14-12-20(13-15(2)23-14)10-9-19(3)24(21,22)18-8-7-16-5-4-6-17(16)11-18/h7-8,11,14-15H,4-6,9-10,12-13H2,1-3H3/t14-,15+. The SMILES string of the molecule is C[C@@H]1CN(CCN(C)S(=O)(=O)c2ccc3c(c2)CCC3)C[C@H](C)O1. The molecular formula is C18H28N2O3S. The Labute approximate surface area is 145 Å². The molecule has 0 amide bonds. The molecule has 0 spiro atoms. The Kier molecular flexibility index (Phi) is 5.30. The number of morpholine rings is 1. The van der Waals surface area contributed by atoms with E-state index >= 15 is 0 Å². The summed E-state index contributed by atoms with van der Waals surface area (Å²) < 4.78 is 32.8. The van der Waals surface area contributed by atoms with Gasteiger partial charge < -0.3 is 4.74 Å². The fourth-order valence-electron chi connectivity index (χ4n) is 3.76. The van der Waals surface area contributed by atoms with Crippen molar-refractivity contribution in [2.24, 2.45) is 0 Å². The van der Waals surface area contributed by atoms with Gasteiger partial charge in [0, 0.05) is 33.2 Å². The van der Waals surface area contributed by atoms with Crippen LogP contribution in [0.5, 0.6) is 0 Å². The van der Waals surface area contributed by atoms with E-state index in [1.165, 1.54) is 15.4 Å². The van der Waals surface area contributed by atoms with Crippen molar-refractivity contribution in [2.75, 3.05) is 33.2 Å². The van der Waals surface area contributed by atoms with Crippen molar-refractivity contribution < 1.29 is 13.2 Å². The van der Waals surface area contributed by atoms with Gasteiger partial charge in [-0.1, -0.05) is 6.07 Å². The largest absolute Gasteiger partial charge is 0.373 e. The number of rotatable bonds is 5. The van der Waals surface area contributed by atoms with E-state index in [0.717, 1.165) is 38.9 Å². The van der Waals surface area contributed by atoms with Gasteiger partial charge in [0.05, 0.1) is 17.1 Å². The van der Waals surface area contributed by atoms with Crippen molar-refractivity contribution in [3.63, 3.8) is 0 Å². The molecule has 1 aliphatic heterocycles. The quantitative estimate of drug-likeness (QED) is 0.812. The molecule has 1 heterocycles. The predicted molar refractivity (Wildman–Crippen MR) is 94.7 cm³/mol. The lowest BCUT2D eigenvalue weighted by Gasteiger charge is -2.35. The number of likely N-dealkylation sites (N-methyl/N-ethyl adjacent to an activating group) is 1. The van der Waals surface area contributed by atoms with Crippen LogP contribution in [-0.2, 0) is 27.6 Å². The van der Waals surface area contributed by atoms with E-state index < -0.39 is 10.0 Å². The first-order valence-electron chi connectivity index (χ1n) is 8.82. The number of nitrogens with zero attached hydrogens (tertiary/aromatic N) is 2. The van der Waals surface area contributed by atoms with E-state index in [1.807, 2.05) is 12.1 Å². The highest BCUT2D eigenvalue weighted by Gasteiger charge is 2.26. The molecule has 5 nitrogen and oxygen atoms in total. The molecule has 134 valence electrons. The fraction of sp³-hybridized carbons (Fsp3) is 0.667. The minimum atomic E-state index is -3.41. The number of fused-ring (bicyclic) bond motifs is 1. The van der Waals surface area contributed by atoms with E-state index in [1.54, 1.807) is 13.1 Å². The van der Waals surface area contributed by atoms with Gasteiger partial charge in [0.25, 0.3) is 0 Å². The van der Waals surface area contributed by atoms with Gasteiger partial charge in [0.1, 0.15) is 0 Å². The molecule has 0 saturated carbocycles. The summed E-state index contributed by atoms with van der Waals surface area (Å²) in [6, 6.07) is 5.61. The first-order chi connectivity index (χ1) is 11.4. The Morgan fingerprint density at radius 2 is 1.83 bits per heavy atom. The number of hydrogen-bond acceptors (Lipinski definition) is 4. The third-order valence-corrected chi connectivity index (χ3v) is 6.86. The van der Waals surface area contributed by atoms with Crippen LogP contribution in [0.2, 0.25) is 0 Å². The van der Waals surface area contributed by atoms with Gasteiger partial charge in [-0.15, -0.1) is 0 Å². The molecule has 3 rings (SSSR count). The summed E-state index contributed by atoms with van der Waals surface area (Å²) in [5.41, 5.74) is 2.49. The molecule has 0 unspecified atom stereocenters. The van der Waals surface area contributed by atoms with Gasteiger partial charge >= 0.3 is 0 Å². The molecule has 0 aromatic heterocycles. The lowest BCUT2D eigenvalue weighted by atomic mass is 10.1. The first-order valence-corrected chi connectivity index (χ1v) is 10.3. The molecule has 1 aromatic rings. The maximum Gasteiger partial charge on any atom is 0.242 e. The normalized spacial score (nSPS) is 25.2. The zero-order chi connectivity index (χ0) is 17.3. The van der Waals surface area contributed by atoms with Gasteiger partial charge in [-0.2, -0.15) is 4.31 Å². The molecule has 1 fully saturated rings. The van der Waals surface area contributed by atoms with E-state index in [-0.39, 0.29) is 12.2 Å². The van der Waals surface area contributed by atoms with Crippen LogP contribution in [-0.4, -0.2) is 63.1 Å². The molecule has 0 radical (unpaired) electrons. The average molecular weight is 353 g/mol. The predicted octanol–water partition coefficient (Wildman–Crippen LogP) is 1.90. The Bertz CT molecular complexity index is 680. The molecule has 24 heavy (non-hydrogen) atoms. The average Bonchev–Trinajstić information content (AvgIpc) is 2.99. The van der Waals surface area contributed by atoms with Crippen molar-refractivity contribution in [2.45, 2.75) is 50.2 Å². The third-order valence-electron chi connectivity index (χ3n) is 5.00. The lowest BCUT2D eigenvalue weighted by Crippen LogP contribution is -2.48. The van der Waals surface area contributed by atoms with Gasteiger partial charge in [0.15, 0.2) is 0 Å². The molecule has 1 aromatic carbocycles. The van der Waals surface area contributed by atoms with Crippen LogP contribution >= 0.6 is 0 Å². The highest BCUT2D eigenvalue weighted by Crippen LogP contribution is 2.26. The molecule has 0 N–H and O–H groups in total. The first kappa shape index (κ1) is 17.9. The summed E-state index contributed by atoms with van der Waals surface area (Å²) in [5.74, 6) is 0. The monoisotopic (exact) mass is 352 g/mol. The van der Waals surface area contributed by atoms with Crippen molar-refractivity contribution in [3.8, 4) is 0 Å². The highest BCUT2D eigenvalue weighted by atomic mass is 32.2. The van der Waals surface area contributed by atoms with E-state index in [0.29, 0.717) is 11.4 Å². The Morgan fingerprint density at radius 1 is 1.17 bits per heavy atom. The van der Waals surface area contributed by atoms with E-state index in [4.69, 9.17) is 4.74 Å².